The Balaban J connectivity index is 2.07. The first-order valence-corrected chi connectivity index (χ1v) is 7.89. The van der Waals surface area contributed by atoms with E-state index in [0.29, 0.717) is 0 Å². The second-order valence-corrected chi connectivity index (χ2v) is 7.32. The van der Waals surface area contributed by atoms with Gasteiger partial charge in [-0.1, -0.05) is 22.0 Å². The van der Waals surface area contributed by atoms with Crippen molar-refractivity contribution in [2.75, 3.05) is 26.2 Å². The second kappa shape index (κ2) is 5.86. The largest absolute Gasteiger partial charge is 0.336 e. The van der Waals surface area contributed by atoms with Crippen LogP contribution in [0.15, 0.2) is 22.7 Å². The molecule has 1 aliphatic rings. The number of nitrogens with zero attached hydrogens (tertiary/aromatic N) is 2. The van der Waals surface area contributed by atoms with Gasteiger partial charge in [-0.3, -0.25) is 9.69 Å². The zero-order valence-electron chi connectivity index (χ0n) is 12.7. The maximum atomic E-state index is 12.6. The summed E-state index contributed by atoms with van der Waals surface area (Å²) in [4.78, 5) is 17.0. The van der Waals surface area contributed by atoms with Gasteiger partial charge in [0, 0.05) is 41.8 Å². The summed E-state index contributed by atoms with van der Waals surface area (Å²) in [5, 5.41) is 0. The number of carbonyl (C=O) groups excluding carboxylic acids is 1. The third kappa shape index (κ3) is 3.41. The molecule has 0 saturated carbocycles. The fraction of sp³-hybridized carbons (Fsp3) is 0.562. The first kappa shape index (κ1) is 15.5. The van der Waals surface area contributed by atoms with Gasteiger partial charge in [0.1, 0.15) is 0 Å². The predicted molar refractivity (Wildman–Crippen MR) is 86.1 cm³/mol. The van der Waals surface area contributed by atoms with E-state index in [1.54, 1.807) is 0 Å². The lowest BCUT2D eigenvalue weighted by Crippen LogP contribution is -2.54. The van der Waals surface area contributed by atoms with Gasteiger partial charge in [-0.15, -0.1) is 0 Å². The molecule has 0 aromatic heterocycles. The Morgan fingerprint density at radius 3 is 2.30 bits per heavy atom. The molecule has 1 amide bonds. The van der Waals surface area contributed by atoms with Crippen molar-refractivity contribution in [1.29, 1.82) is 0 Å². The summed E-state index contributed by atoms with van der Waals surface area (Å²) in [6.07, 6.45) is 0. The molecule has 20 heavy (non-hydrogen) atoms. The van der Waals surface area contributed by atoms with Gasteiger partial charge < -0.3 is 4.90 Å². The van der Waals surface area contributed by atoms with Crippen molar-refractivity contribution < 1.29 is 4.79 Å². The maximum Gasteiger partial charge on any atom is 0.254 e. The van der Waals surface area contributed by atoms with E-state index in [4.69, 9.17) is 0 Å². The monoisotopic (exact) mass is 338 g/mol. The third-order valence-corrected chi connectivity index (χ3v) is 4.44. The zero-order chi connectivity index (χ0) is 14.9. The molecule has 1 heterocycles. The molecule has 110 valence electrons. The molecule has 0 unspecified atom stereocenters. The summed E-state index contributed by atoms with van der Waals surface area (Å²) in [6, 6.07) is 5.89. The van der Waals surface area contributed by atoms with Gasteiger partial charge in [-0.05, 0) is 45.4 Å². The van der Waals surface area contributed by atoms with Gasteiger partial charge in [0.15, 0.2) is 0 Å². The predicted octanol–water partition coefficient (Wildman–Crippen LogP) is 3.31. The molecule has 0 N–H and O–H groups in total. The van der Waals surface area contributed by atoms with Crippen molar-refractivity contribution in [3.8, 4) is 0 Å². The number of halogens is 1. The van der Waals surface area contributed by atoms with Crippen molar-refractivity contribution in [3.63, 3.8) is 0 Å². The summed E-state index contributed by atoms with van der Waals surface area (Å²) in [7, 11) is 0. The van der Waals surface area contributed by atoms with E-state index >= 15 is 0 Å². The minimum absolute atomic E-state index is 0.150. The Hall–Kier alpha value is -0.870. The van der Waals surface area contributed by atoms with E-state index in [0.717, 1.165) is 41.8 Å². The van der Waals surface area contributed by atoms with Crippen LogP contribution < -0.4 is 0 Å². The Morgan fingerprint density at radius 1 is 1.15 bits per heavy atom. The number of carbonyl (C=O) groups is 1. The number of rotatable bonds is 1. The molecule has 1 aromatic rings. The van der Waals surface area contributed by atoms with Crippen LogP contribution in [0.4, 0.5) is 0 Å². The lowest BCUT2D eigenvalue weighted by Gasteiger charge is -2.42. The zero-order valence-corrected chi connectivity index (χ0v) is 14.3. The summed E-state index contributed by atoms with van der Waals surface area (Å²) in [5.41, 5.74) is 2.03. The van der Waals surface area contributed by atoms with Crippen LogP contribution in [0.5, 0.6) is 0 Å². The van der Waals surface area contributed by atoms with Crippen LogP contribution in [-0.2, 0) is 0 Å². The average Bonchev–Trinajstić information content (AvgIpc) is 2.40. The number of amides is 1. The molecule has 2 rings (SSSR count). The topological polar surface area (TPSA) is 23.6 Å². The smallest absolute Gasteiger partial charge is 0.254 e. The molecule has 0 bridgehead atoms. The highest BCUT2D eigenvalue weighted by atomic mass is 79.9. The van der Waals surface area contributed by atoms with Gasteiger partial charge in [0.05, 0.1) is 0 Å². The standard InChI is InChI=1S/C16H23BrN2O/c1-12-5-6-13(17)11-14(12)15(20)18-7-9-19(10-8-18)16(2,3)4/h5-6,11H,7-10H2,1-4H3. The first-order chi connectivity index (χ1) is 9.29. The maximum absolute atomic E-state index is 12.6. The first-order valence-electron chi connectivity index (χ1n) is 7.09. The highest BCUT2D eigenvalue weighted by Crippen LogP contribution is 2.20. The molecule has 3 nitrogen and oxygen atoms in total. The molecule has 1 aliphatic heterocycles. The highest BCUT2D eigenvalue weighted by Gasteiger charge is 2.28. The van der Waals surface area contributed by atoms with Crippen molar-refractivity contribution in [2.45, 2.75) is 33.2 Å². The molecule has 0 spiro atoms. The number of hydrogen-bond acceptors (Lipinski definition) is 2. The Bertz CT molecular complexity index is 500. The molecule has 1 fully saturated rings. The fourth-order valence-corrected chi connectivity index (χ4v) is 2.94. The van der Waals surface area contributed by atoms with Gasteiger partial charge >= 0.3 is 0 Å². The Kier molecular flexibility index (Phi) is 4.55. The highest BCUT2D eigenvalue weighted by molar-refractivity contribution is 9.10. The minimum atomic E-state index is 0.150. The van der Waals surface area contributed by atoms with Gasteiger partial charge in [0.2, 0.25) is 0 Å². The number of benzene rings is 1. The number of hydrogen-bond donors (Lipinski definition) is 0. The van der Waals surface area contributed by atoms with Crippen LogP contribution in [0.2, 0.25) is 0 Å². The summed E-state index contributed by atoms with van der Waals surface area (Å²) >= 11 is 3.45. The van der Waals surface area contributed by atoms with E-state index in [1.165, 1.54) is 0 Å². The molecule has 0 radical (unpaired) electrons. The SMILES string of the molecule is Cc1ccc(Br)cc1C(=O)N1CCN(C(C)(C)C)CC1. The van der Waals surface area contributed by atoms with Crippen LogP contribution in [0.25, 0.3) is 0 Å². The fourth-order valence-electron chi connectivity index (χ4n) is 2.58. The van der Waals surface area contributed by atoms with Crippen LogP contribution in [-0.4, -0.2) is 47.4 Å². The summed E-state index contributed by atoms with van der Waals surface area (Å²) < 4.78 is 0.958. The Labute approximate surface area is 130 Å². The van der Waals surface area contributed by atoms with Crippen LogP contribution in [0.1, 0.15) is 36.7 Å². The van der Waals surface area contributed by atoms with Crippen LogP contribution in [0, 0.1) is 6.92 Å². The lowest BCUT2D eigenvalue weighted by molar-refractivity contribution is 0.0450. The van der Waals surface area contributed by atoms with Gasteiger partial charge in [-0.2, -0.15) is 0 Å². The number of aryl methyl sites for hydroxylation is 1. The molecule has 0 atom stereocenters. The second-order valence-electron chi connectivity index (χ2n) is 6.41. The lowest BCUT2D eigenvalue weighted by atomic mass is 10.0. The molecular formula is C16H23BrN2O. The molecule has 1 saturated heterocycles. The Morgan fingerprint density at radius 2 is 1.75 bits per heavy atom. The number of piperazine rings is 1. The minimum Gasteiger partial charge on any atom is -0.336 e. The van der Waals surface area contributed by atoms with E-state index in [-0.39, 0.29) is 11.4 Å². The summed E-state index contributed by atoms with van der Waals surface area (Å²) in [5.74, 6) is 0.150. The molecule has 0 aliphatic carbocycles. The molecule has 4 heteroatoms. The van der Waals surface area contributed by atoms with E-state index in [9.17, 15) is 4.79 Å². The van der Waals surface area contributed by atoms with Crippen LogP contribution >= 0.6 is 15.9 Å². The molecular weight excluding hydrogens is 316 g/mol. The van der Waals surface area contributed by atoms with E-state index in [2.05, 4.69) is 41.6 Å². The quantitative estimate of drug-likeness (QED) is 0.784. The van der Waals surface area contributed by atoms with E-state index in [1.807, 2.05) is 30.0 Å². The van der Waals surface area contributed by atoms with Gasteiger partial charge in [-0.25, -0.2) is 0 Å². The average molecular weight is 339 g/mol. The van der Waals surface area contributed by atoms with E-state index < -0.39 is 0 Å². The van der Waals surface area contributed by atoms with Crippen molar-refractivity contribution in [2.24, 2.45) is 0 Å². The van der Waals surface area contributed by atoms with Crippen LogP contribution in [0.3, 0.4) is 0 Å². The van der Waals surface area contributed by atoms with Crippen molar-refractivity contribution >= 4 is 21.8 Å². The van der Waals surface area contributed by atoms with Crippen molar-refractivity contribution in [1.82, 2.24) is 9.80 Å². The summed E-state index contributed by atoms with van der Waals surface area (Å²) in [6.45, 7) is 12.2. The normalized spacial score (nSPS) is 17.4. The third-order valence-electron chi connectivity index (χ3n) is 3.95. The van der Waals surface area contributed by atoms with Gasteiger partial charge in [0.25, 0.3) is 5.91 Å². The van der Waals surface area contributed by atoms with Crippen molar-refractivity contribution in [3.05, 3.63) is 33.8 Å². The molecule has 1 aromatic carbocycles.